The molecule has 0 aliphatic heterocycles. The summed E-state index contributed by atoms with van der Waals surface area (Å²) in [4.78, 5) is 29.9. The van der Waals surface area contributed by atoms with Crippen LogP contribution in [0, 0.1) is 13.8 Å². The summed E-state index contributed by atoms with van der Waals surface area (Å²) in [5.41, 5.74) is 3.60. The third kappa shape index (κ3) is 8.51. The Kier molecular flexibility index (Phi) is 11.0. The van der Waals surface area contributed by atoms with Crippen LogP contribution in [0.5, 0.6) is 5.75 Å². The third-order valence-corrected chi connectivity index (χ3v) is 9.24. The number of anilines is 1. The number of carbonyl (C=O) groups excluding carboxylic acids is 2. The lowest BCUT2D eigenvalue weighted by Crippen LogP contribution is -2.54. The van der Waals surface area contributed by atoms with Gasteiger partial charge in [-0.1, -0.05) is 78.4 Å². The fraction of sp³-hybridized carbons (Fsp3) is 0.278. The lowest BCUT2D eigenvalue weighted by atomic mass is 10.0. The van der Waals surface area contributed by atoms with Crippen LogP contribution in [0.15, 0.2) is 108 Å². The minimum Gasteiger partial charge on any atom is -0.497 e. The molecule has 1 unspecified atom stereocenters. The number of rotatable bonds is 13. The zero-order chi connectivity index (χ0) is 32.6. The summed E-state index contributed by atoms with van der Waals surface area (Å²) >= 11 is 0. The van der Waals surface area contributed by atoms with Gasteiger partial charge in [-0.3, -0.25) is 13.9 Å². The molecule has 1 N–H and O–H groups in total. The van der Waals surface area contributed by atoms with Crippen molar-refractivity contribution >= 4 is 27.5 Å². The monoisotopic (exact) mass is 627 g/mol. The number of benzene rings is 4. The van der Waals surface area contributed by atoms with Crippen molar-refractivity contribution in [3.63, 3.8) is 0 Å². The molecule has 0 heterocycles. The molecule has 4 aromatic rings. The van der Waals surface area contributed by atoms with Gasteiger partial charge < -0.3 is 15.0 Å². The first-order chi connectivity index (χ1) is 21.5. The maximum absolute atomic E-state index is 14.6. The van der Waals surface area contributed by atoms with Gasteiger partial charge in [-0.2, -0.15) is 0 Å². The van der Waals surface area contributed by atoms with Gasteiger partial charge in [-0.05, 0) is 74.7 Å². The van der Waals surface area contributed by atoms with E-state index in [9.17, 15) is 18.0 Å². The first kappa shape index (κ1) is 33.3. The van der Waals surface area contributed by atoms with Gasteiger partial charge in [0.25, 0.3) is 10.0 Å². The lowest BCUT2D eigenvalue weighted by molar-refractivity contribution is -0.140. The van der Waals surface area contributed by atoms with Gasteiger partial charge in [0, 0.05) is 19.0 Å². The number of hydrogen-bond donors (Lipinski definition) is 1. The summed E-state index contributed by atoms with van der Waals surface area (Å²) in [5, 5.41) is 2.97. The number of nitrogens with one attached hydrogen (secondary N) is 1. The summed E-state index contributed by atoms with van der Waals surface area (Å²) in [5.74, 6) is -0.236. The maximum atomic E-state index is 14.6. The number of nitrogens with zero attached hydrogens (tertiary/aromatic N) is 2. The highest BCUT2D eigenvalue weighted by molar-refractivity contribution is 7.92. The van der Waals surface area contributed by atoms with Crippen LogP contribution in [0.4, 0.5) is 5.69 Å². The molecule has 4 aromatic carbocycles. The van der Waals surface area contributed by atoms with Crippen LogP contribution in [0.25, 0.3) is 0 Å². The number of ether oxygens (including phenoxy) is 1. The summed E-state index contributed by atoms with van der Waals surface area (Å²) in [6, 6.07) is 29.3. The first-order valence-electron chi connectivity index (χ1n) is 14.9. The Morgan fingerprint density at radius 3 is 2.11 bits per heavy atom. The number of amides is 2. The molecule has 2 amide bonds. The van der Waals surface area contributed by atoms with Gasteiger partial charge in [-0.25, -0.2) is 8.42 Å². The molecule has 0 fully saturated rings. The van der Waals surface area contributed by atoms with E-state index in [1.54, 1.807) is 62.6 Å². The zero-order valence-corrected chi connectivity index (χ0v) is 27.3. The molecule has 4 rings (SSSR count). The molecule has 0 aromatic heterocycles. The van der Waals surface area contributed by atoms with Crippen molar-refractivity contribution < 1.29 is 22.7 Å². The van der Waals surface area contributed by atoms with E-state index in [0.29, 0.717) is 17.0 Å². The molecule has 0 bridgehead atoms. The Labute approximate surface area is 266 Å². The topological polar surface area (TPSA) is 96.0 Å². The summed E-state index contributed by atoms with van der Waals surface area (Å²) in [6.45, 7) is 6.96. The molecule has 0 spiro atoms. The minimum absolute atomic E-state index is 0.0608. The van der Waals surface area contributed by atoms with Gasteiger partial charge in [0.15, 0.2) is 0 Å². The van der Waals surface area contributed by atoms with Crippen molar-refractivity contribution in [1.82, 2.24) is 10.2 Å². The van der Waals surface area contributed by atoms with E-state index in [2.05, 4.69) is 5.32 Å². The largest absolute Gasteiger partial charge is 0.497 e. The standard InChI is InChI=1S/C36H41N3O5S/c1-26(2)37-36(41)34(23-29-13-7-6-8-14-29)38(24-30-15-11-16-31(22-30)44-5)35(40)25-39(33-17-10-9-12-28(33)4)45(42,43)32-20-18-27(3)19-21-32/h6-22,26,34H,23-25H2,1-5H3,(H,37,41). The average Bonchev–Trinajstić information content (AvgIpc) is 3.02. The molecule has 9 heteroatoms. The second kappa shape index (κ2) is 14.9. The second-order valence-electron chi connectivity index (χ2n) is 11.4. The molecule has 0 radical (unpaired) electrons. The van der Waals surface area contributed by atoms with Gasteiger partial charge >= 0.3 is 0 Å². The van der Waals surface area contributed by atoms with Gasteiger partial charge in [-0.15, -0.1) is 0 Å². The van der Waals surface area contributed by atoms with E-state index in [4.69, 9.17) is 4.74 Å². The average molecular weight is 628 g/mol. The van der Waals surface area contributed by atoms with Gasteiger partial charge in [0.1, 0.15) is 18.3 Å². The second-order valence-corrected chi connectivity index (χ2v) is 13.2. The van der Waals surface area contributed by atoms with Crippen LogP contribution in [0.2, 0.25) is 0 Å². The molecule has 0 saturated carbocycles. The normalized spacial score (nSPS) is 12.0. The molecule has 236 valence electrons. The smallest absolute Gasteiger partial charge is 0.264 e. The third-order valence-electron chi connectivity index (χ3n) is 7.46. The summed E-state index contributed by atoms with van der Waals surface area (Å²) < 4.78 is 35.0. The van der Waals surface area contributed by atoms with Crippen molar-refractivity contribution in [3.05, 3.63) is 125 Å². The Hall–Kier alpha value is -4.63. The van der Waals surface area contributed by atoms with Crippen LogP contribution in [0.3, 0.4) is 0 Å². The molecule has 0 saturated heterocycles. The van der Waals surface area contributed by atoms with Crippen molar-refractivity contribution in [2.45, 2.75) is 57.6 Å². The van der Waals surface area contributed by atoms with E-state index in [1.807, 2.05) is 75.4 Å². The van der Waals surface area contributed by atoms with Crippen molar-refractivity contribution in [3.8, 4) is 5.75 Å². The first-order valence-corrected chi connectivity index (χ1v) is 16.4. The number of carbonyl (C=O) groups is 2. The number of aryl methyl sites for hydroxylation is 2. The van der Waals surface area contributed by atoms with E-state index >= 15 is 0 Å². The molecule has 1 atom stereocenters. The highest BCUT2D eigenvalue weighted by Crippen LogP contribution is 2.28. The number of para-hydroxylation sites is 1. The van der Waals surface area contributed by atoms with Crippen LogP contribution in [-0.4, -0.2) is 50.9 Å². The molecular formula is C36H41N3O5S. The Morgan fingerprint density at radius 1 is 0.822 bits per heavy atom. The van der Waals surface area contributed by atoms with E-state index in [-0.39, 0.29) is 29.8 Å². The highest BCUT2D eigenvalue weighted by atomic mass is 32.2. The lowest BCUT2D eigenvalue weighted by Gasteiger charge is -2.34. The molecular weight excluding hydrogens is 586 g/mol. The van der Waals surface area contributed by atoms with Crippen LogP contribution in [-0.2, 0) is 32.6 Å². The van der Waals surface area contributed by atoms with Crippen molar-refractivity contribution in [2.75, 3.05) is 18.0 Å². The minimum atomic E-state index is -4.16. The molecule has 45 heavy (non-hydrogen) atoms. The van der Waals surface area contributed by atoms with Gasteiger partial charge in [0.05, 0.1) is 17.7 Å². The Morgan fingerprint density at radius 2 is 1.47 bits per heavy atom. The number of methoxy groups -OCH3 is 1. The molecule has 0 aliphatic rings. The highest BCUT2D eigenvalue weighted by Gasteiger charge is 2.35. The van der Waals surface area contributed by atoms with E-state index in [0.717, 1.165) is 21.0 Å². The Balaban J connectivity index is 1.82. The summed E-state index contributed by atoms with van der Waals surface area (Å²) in [7, 11) is -2.60. The fourth-order valence-electron chi connectivity index (χ4n) is 5.10. The van der Waals surface area contributed by atoms with Gasteiger partial charge in [0.2, 0.25) is 11.8 Å². The van der Waals surface area contributed by atoms with Crippen molar-refractivity contribution in [1.29, 1.82) is 0 Å². The fourth-order valence-corrected chi connectivity index (χ4v) is 6.57. The molecule has 8 nitrogen and oxygen atoms in total. The van der Waals surface area contributed by atoms with E-state index in [1.165, 1.54) is 4.90 Å². The maximum Gasteiger partial charge on any atom is 0.264 e. The van der Waals surface area contributed by atoms with Crippen molar-refractivity contribution in [2.24, 2.45) is 0 Å². The van der Waals surface area contributed by atoms with Crippen LogP contribution in [0.1, 0.15) is 36.1 Å². The van der Waals surface area contributed by atoms with E-state index < -0.39 is 28.5 Å². The SMILES string of the molecule is COc1cccc(CN(C(=O)CN(c2ccccc2C)S(=O)(=O)c2ccc(C)cc2)C(Cc2ccccc2)C(=O)NC(C)C)c1. The zero-order valence-electron chi connectivity index (χ0n) is 26.4. The molecule has 0 aliphatic carbocycles. The number of sulfonamides is 1. The van der Waals surface area contributed by atoms with Crippen LogP contribution >= 0.6 is 0 Å². The summed E-state index contributed by atoms with van der Waals surface area (Å²) in [6.07, 6.45) is 0.240. The number of hydrogen-bond acceptors (Lipinski definition) is 5. The Bertz CT molecular complexity index is 1710. The predicted octanol–water partition coefficient (Wildman–Crippen LogP) is 5.67. The predicted molar refractivity (Wildman–Crippen MR) is 178 cm³/mol. The van der Waals surface area contributed by atoms with Crippen LogP contribution < -0.4 is 14.4 Å². The quantitative estimate of drug-likeness (QED) is 0.206.